The van der Waals surface area contributed by atoms with Crippen LogP contribution in [0.2, 0.25) is 0 Å². The van der Waals surface area contributed by atoms with Gasteiger partial charge in [-0.2, -0.15) is 4.98 Å². The molecule has 19 heavy (non-hydrogen) atoms. The molecular weight excluding hydrogens is 242 g/mol. The summed E-state index contributed by atoms with van der Waals surface area (Å²) in [5, 5.41) is 4.19. The van der Waals surface area contributed by atoms with Gasteiger partial charge < -0.3 is 15.0 Å². The third-order valence-electron chi connectivity index (χ3n) is 4.38. The summed E-state index contributed by atoms with van der Waals surface area (Å²) in [7, 11) is 0. The molecule has 2 N–H and O–H groups in total. The fraction of sp³-hybridized carbons (Fsp3) is 0.857. The van der Waals surface area contributed by atoms with E-state index in [0.717, 1.165) is 38.5 Å². The van der Waals surface area contributed by atoms with Crippen molar-refractivity contribution in [1.29, 1.82) is 0 Å². The lowest BCUT2D eigenvalue weighted by atomic mass is 9.93. The van der Waals surface area contributed by atoms with Crippen molar-refractivity contribution < 1.29 is 9.26 Å². The molecule has 0 amide bonds. The molecule has 0 aliphatic heterocycles. The number of nitrogens with zero attached hydrogens (tertiary/aromatic N) is 2. The fourth-order valence-corrected chi connectivity index (χ4v) is 2.97. The summed E-state index contributed by atoms with van der Waals surface area (Å²) in [6, 6.07) is 0. The van der Waals surface area contributed by atoms with E-state index in [1.165, 1.54) is 12.8 Å². The topological polar surface area (TPSA) is 74.2 Å². The lowest BCUT2D eigenvalue weighted by molar-refractivity contribution is -0.0636. The smallest absolute Gasteiger partial charge is 0.246 e. The van der Waals surface area contributed by atoms with Crippen LogP contribution in [0.25, 0.3) is 0 Å². The summed E-state index contributed by atoms with van der Waals surface area (Å²) >= 11 is 0. The van der Waals surface area contributed by atoms with Gasteiger partial charge in [-0.3, -0.25) is 0 Å². The third-order valence-corrected chi connectivity index (χ3v) is 4.38. The summed E-state index contributed by atoms with van der Waals surface area (Å²) in [6.45, 7) is 2.70. The number of aromatic nitrogens is 2. The van der Waals surface area contributed by atoms with Gasteiger partial charge in [-0.1, -0.05) is 30.8 Å². The molecule has 0 spiro atoms. The van der Waals surface area contributed by atoms with Crippen LogP contribution >= 0.6 is 0 Å². The molecule has 106 valence electrons. The first-order valence-corrected chi connectivity index (χ1v) is 7.46. The van der Waals surface area contributed by atoms with E-state index >= 15 is 0 Å². The summed E-state index contributed by atoms with van der Waals surface area (Å²) in [5.74, 6) is 1.30. The largest absolute Gasteiger partial charge is 0.367 e. The maximum absolute atomic E-state index is 6.12. The molecule has 0 aromatic carbocycles. The first-order valence-electron chi connectivity index (χ1n) is 7.46. The zero-order valence-corrected chi connectivity index (χ0v) is 11.7. The molecular formula is C14H23N3O2. The molecule has 3 rings (SSSR count). The van der Waals surface area contributed by atoms with Gasteiger partial charge in [-0.25, -0.2) is 0 Å². The summed E-state index contributed by atoms with van der Waals surface area (Å²) in [5.41, 5.74) is 5.41. The van der Waals surface area contributed by atoms with Crippen LogP contribution < -0.4 is 5.73 Å². The van der Waals surface area contributed by atoms with Crippen LogP contribution in [-0.4, -0.2) is 16.7 Å². The summed E-state index contributed by atoms with van der Waals surface area (Å²) in [4.78, 5) is 4.57. The second-order valence-electron chi connectivity index (χ2n) is 5.92. The van der Waals surface area contributed by atoms with E-state index in [4.69, 9.17) is 15.0 Å². The maximum atomic E-state index is 6.12. The van der Waals surface area contributed by atoms with Crippen LogP contribution in [0.1, 0.15) is 70.0 Å². The predicted molar refractivity (Wildman–Crippen MR) is 70.4 cm³/mol. The van der Waals surface area contributed by atoms with Crippen molar-refractivity contribution in [3.63, 3.8) is 0 Å². The van der Waals surface area contributed by atoms with Crippen molar-refractivity contribution in [2.75, 3.05) is 6.61 Å². The molecule has 1 aromatic rings. The second kappa shape index (κ2) is 4.87. The molecule has 0 radical (unpaired) electrons. The van der Waals surface area contributed by atoms with Gasteiger partial charge in [0, 0.05) is 6.61 Å². The minimum Gasteiger partial charge on any atom is -0.367 e. The van der Waals surface area contributed by atoms with Gasteiger partial charge in [0.15, 0.2) is 0 Å². The van der Waals surface area contributed by atoms with Gasteiger partial charge >= 0.3 is 0 Å². The highest BCUT2D eigenvalue weighted by Crippen LogP contribution is 2.44. The Morgan fingerprint density at radius 2 is 1.84 bits per heavy atom. The molecule has 0 saturated heterocycles. The minimum atomic E-state index is -0.358. The van der Waals surface area contributed by atoms with Crippen LogP contribution in [0.15, 0.2) is 4.52 Å². The molecule has 2 saturated carbocycles. The predicted octanol–water partition coefficient (Wildman–Crippen LogP) is 2.60. The third kappa shape index (κ3) is 2.41. The van der Waals surface area contributed by atoms with Crippen LogP contribution in [0.5, 0.6) is 0 Å². The molecule has 0 bridgehead atoms. The highest BCUT2D eigenvalue weighted by molar-refractivity contribution is 5.14. The maximum Gasteiger partial charge on any atom is 0.246 e. The molecule has 2 aliphatic rings. The van der Waals surface area contributed by atoms with Crippen LogP contribution in [-0.2, 0) is 15.9 Å². The number of ether oxygens (including phenoxy) is 1. The summed E-state index contributed by atoms with van der Waals surface area (Å²) < 4.78 is 11.4. The first-order chi connectivity index (χ1) is 9.19. The van der Waals surface area contributed by atoms with E-state index in [1.807, 2.05) is 6.92 Å². The summed E-state index contributed by atoms with van der Waals surface area (Å²) in [6.07, 6.45) is 8.71. The van der Waals surface area contributed by atoms with E-state index in [2.05, 4.69) is 10.1 Å². The average Bonchev–Trinajstić information content (AvgIpc) is 3.02. The van der Waals surface area contributed by atoms with Crippen molar-refractivity contribution in [3.05, 3.63) is 11.7 Å². The van der Waals surface area contributed by atoms with E-state index in [-0.39, 0.29) is 11.1 Å². The lowest BCUT2D eigenvalue weighted by Crippen LogP contribution is -2.31. The molecule has 0 unspecified atom stereocenters. The lowest BCUT2D eigenvalue weighted by Gasteiger charge is -2.29. The van der Waals surface area contributed by atoms with E-state index in [1.54, 1.807) is 0 Å². The molecule has 0 atom stereocenters. The minimum absolute atomic E-state index is 0.349. The Bertz CT molecular complexity index is 432. The highest BCUT2D eigenvalue weighted by Gasteiger charge is 2.47. The number of hydrogen-bond acceptors (Lipinski definition) is 5. The van der Waals surface area contributed by atoms with Crippen LogP contribution in [0, 0.1) is 0 Å². The zero-order chi connectivity index (χ0) is 13.3. The molecule has 1 aromatic heterocycles. The van der Waals surface area contributed by atoms with Gasteiger partial charge in [0.2, 0.25) is 11.7 Å². The first kappa shape index (κ1) is 13.1. The van der Waals surface area contributed by atoms with Gasteiger partial charge in [-0.05, 0) is 32.6 Å². The van der Waals surface area contributed by atoms with E-state index in [0.29, 0.717) is 18.3 Å². The van der Waals surface area contributed by atoms with Gasteiger partial charge in [0.05, 0.1) is 5.54 Å². The highest BCUT2D eigenvalue weighted by atomic mass is 16.5. The molecule has 1 heterocycles. The van der Waals surface area contributed by atoms with Crippen molar-refractivity contribution in [3.8, 4) is 0 Å². The second-order valence-corrected chi connectivity index (χ2v) is 5.92. The molecule has 5 nitrogen and oxygen atoms in total. The van der Waals surface area contributed by atoms with Crippen molar-refractivity contribution in [2.24, 2.45) is 5.73 Å². The molecule has 2 aliphatic carbocycles. The van der Waals surface area contributed by atoms with E-state index in [9.17, 15) is 0 Å². The van der Waals surface area contributed by atoms with Gasteiger partial charge in [0.1, 0.15) is 5.60 Å². The van der Waals surface area contributed by atoms with Crippen LogP contribution in [0.3, 0.4) is 0 Å². The Balaban J connectivity index is 1.88. The number of nitrogens with two attached hydrogens (primary N) is 1. The Morgan fingerprint density at radius 1 is 1.16 bits per heavy atom. The standard InChI is InChI=1S/C14H23N3O2/c1-2-18-14(7-5-3-4-6-8-14)11-16-12(19-17-11)13(15)9-10-13/h2-10,15H2,1H3. The van der Waals surface area contributed by atoms with Crippen molar-refractivity contribution >= 4 is 0 Å². The van der Waals surface area contributed by atoms with Crippen molar-refractivity contribution in [1.82, 2.24) is 10.1 Å². The van der Waals surface area contributed by atoms with Gasteiger partial charge in [-0.15, -0.1) is 0 Å². The monoisotopic (exact) mass is 265 g/mol. The Kier molecular flexibility index (Phi) is 3.35. The Hall–Kier alpha value is -0.940. The Labute approximate surface area is 113 Å². The number of hydrogen-bond donors (Lipinski definition) is 1. The quantitative estimate of drug-likeness (QED) is 0.847. The normalized spacial score (nSPS) is 24.9. The van der Waals surface area contributed by atoms with Gasteiger partial charge in [0.25, 0.3) is 0 Å². The van der Waals surface area contributed by atoms with Crippen LogP contribution in [0.4, 0.5) is 0 Å². The number of rotatable bonds is 4. The molecule has 5 heteroatoms. The Morgan fingerprint density at radius 3 is 2.42 bits per heavy atom. The van der Waals surface area contributed by atoms with Crippen molar-refractivity contribution in [2.45, 2.75) is 69.4 Å². The fourth-order valence-electron chi connectivity index (χ4n) is 2.97. The zero-order valence-electron chi connectivity index (χ0n) is 11.7. The molecule has 2 fully saturated rings. The SMILES string of the molecule is CCOC1(c2noc(C3(N)CC3)n2)CCCCCC1. The van der Waals surface area contributed by atoms with E-state index < -0.39 is 0 Å². The average molecular weight is 265 g/mol.